The maximum atomic E-state index is 12.4. The van der Waals surface area contributed by atoms with Crippen molar-refractivity contribution in [1.82, 2.24) is 4.90 Å². The van der Waals surface area contributed by atoms with Crippen LogP contribution in [0.4, 0.5) is 4.79 Å². The highest BCUT2D eigenvalue weighted by Gasteiger charge is 2.42. The first-order valence-electron chi connectivity index (χ1n) is 9.53. The van der Waals surface area contributed by atoms with Gasteiger partial charge in [0.15, 0.2) is 0 Å². The van der Waals surface area contributed by atoms with Crippen molar-refractivity contribution < 1.29 is 24.2 Å². The highest BCUT2D eigenvalue weighted by molar-refractivity contribution is 9.10. The molecule has 1 fully saturated rings. The largest absolute Gasteiger partial charge is 0.487 e. The zero-order valence-electron chi connectivity index (χ0n) is 17.4. The van der Waals surface area contributed by atoms with Gasteiger partial charge in [0.25, 0.3) is 0 Å². The van der Waals surface area contributed by atoms with Gasteiger partial charge in [0.05, 0.1) is 11.0 Å². The van der Waals surface area contributed by atoms with Gasteiger partial charge in [0.2, 0.25) is 0 Å². The Morgan fingerprint density at radius 2 is 1.89 bits per heavy atom. The minimum Gasteiger partial charge on any atom is -0.487 e. The van der Waals surface area contributed by atoms with E-state index in [1.165, 1.54) is 10.5 Å². The number of halogens is 1. The summed E-state index contributed by atoms with van der Waals surface area (Å²) in [5.74, 6) is -0.424. The van der Waals surface area contributed by atoms with E-state index in [4.69, 9.17) is 9.47 Å². The summed E-state index contributed by atoms with van der Waals surface area (Å²) in [4.78, 5) is 25.3. The summed E-state index contributed by atoms with van der Waals surface area (Å²) in [5, 5.41) is 9.51. The van der Waals surface area contributed by atoms with Crippen molar-refractivity contribution in [2.24, 2.45) is 0 Å². The van der Waals surface area contributed by atoms with Crippen molar-refractivity contribution in [3.8, 4) is 5.75 Å². The number of rotatable bonds is 5. The van der Waals surface area contributed by atoms with Crippen molar-refractivity contribution in [3.05, 3.63) is 28.2 Å². The molecule has 7 heteroatoms. The van der Waals surface area contributed by atoms with Crippen LogP contribution in [0, 0.1) is 0 Å². The zero-order chi connectivity index (χ0) is 21.3. The van der Waals surface area contributed by atoms with Crippen LogP contribution in [-0.4, -0.2) is 46.4 Å². The van der Waals surface area contributed by atoms with Crippen LogP contribution in [0.15, 0.2) is 22.7 Å². The number of hydrogen-bond donors (Lipinski definition) is 1. The third-order valence-electron chi connectivity index (χ3n) is 5.07. The predicted octanol–water partition coefficient (Wildman–Crippen LogP) is 4.98. The molecule has 1 heterocycles. The predicted molar refractivity (Wildman–Crippen MR) is 111 cm³/mol. The quantitative estimate of drug-likeness (QED) is 0.677. The van der Waals surface area contributed by atoms with Crippen LogP contribution in [0.2, 0.25) is 0 Å². The molecule has 0 aliphatic carbocycles. The highest BCUT2D eigenvalue weighted by Crippen LogP contribution is 2.35. The number of nitrogens with zero attached hydrogens (tertiary/aromatic N) is 1. The molecular formula is C21H30BrNO5. The molecule has 1 aliphatic rings. The van der Waals surface area contributed by atoms with E-state index in [0.717, 1.165) is 10.9 Å². The minimum atomic E-state index is -1.06. The maximum Gasteiger partial charge on any atom is 0.411 e. The SMILES string of the molecule is CCC(C)(C)c1ccc(O[C@@H]2C[C@@H](C(=O)O)N(C(=O)OC(C)(C)C)C2)c(Br)c1. The Balaban J connectivity index is 2.15. The smallest absolute Gasteiger partial charge is 0.411 e. The molecule has 1 aromatic carbocycles. The number of ether oxygens (including phenoxy) is 2. The van der Waals surface area contributed by atoms with E-state index in [-0.39, 0.29) is 18.4 Å². The zero-order valence-corrected chi connectivity index (χ0v) is 19.0. The van der Waals surface area contributed by atoms with E-state index in [2.05, 4.69) is 36.7 Å². The summed E-state index contributed by atoms with van der Waals surface area (Å²) in [5.41, 5.74) is 0.555. The molecular weight excluding hydrogens is 426 g/mol. The van der Waals surface area contributed by atoms with Crippen molar-refractivity contribution in [1.29, 1.82) is 0 Å². The lowest BCUT2D eigenvalue weighted by Gasteiger charge is -2.26. The van der Waals surface area contributed by atoms with E-state index in [9.17, 15) is 14.7 Å². The highest BCUT2D eigenvalue weighted by atomic mass is 79.9. The van der Waals surface area contributed by atoms with Gasteiger partial charge >= 0.3 is 12.1 Å². The number of likely N-dealkylation sites (tertiary alicyclic amines) is 1. The standard InChI is InChI=1S/C21H30BrNO5/c1-7-21(5,6)13-8-9-17(15(22)10-13)27-14-11-16(18(24)25)23(12-14)19(26)28-20(2,3)4/h8-10,14,16H,7,11-12H2,1-6H3,(H,24,25)/t14-,16+/m1/s1. The van der Waals surface area contributed by atoms with Gasteiger partial charge in [-0.25, -0.2) is 9.59 Å². The molecule has 1 N–H and O–H groups in total. The molecule has 1 saturated heterocycles. The topological polar surface area (TPSA) is 76.1 Å². The number of aliphatic carboxylic acids is 1. The fourth-order valence-corrected chi connectivity index (χ4v) is 3.51. The van der Waals surface area contributed by atoms with E-state index in [1.807, 2.05) is 18.2 Å². The number of hydrogen-bond acceptors (Lipinski definition) is 4. The average Bonchev–Trinajstić information content (AvgIpc) is 2.99. The number of carbonyl (C=O) groups is 2. The van der Waals surface area contributed by atoms with E-state index in [1.54, 1.807) is 20.8 Å². The van der Waals surface area contributed by atoms with Crippen LogP contribution in [0.5, 0.6) is 5.75 Å². The molecule has 2 rings (SSSR count). The lowest BCUT2D eigenvalue weighted by molar-refractivity contribution is -0.142. The van der Waals surface area contributed by atoms with Gasteiger partial charge in [-0.2, -0.15) is 0 Å². The number of carbonyl (C=O) groups excluding carboxylic acids is 1. The summed E-state index contributed by atoms with van der Waals surface area (Å²) < 4.78 is 12.2. The molecule has 28 heavy (non-hydrogen) atoms. The molecule has 1 amide bonds. The average molecular weight is 456 g/mol. The molecule has 0 saturated carbocycles. The van der Waals surface area contributed by atoms with Crippen LogP contribution in [0.25, 0.3) is 0 Å². The lowest BCUT2D eigenvalue weighted by Crippen LogP contribution is -2.43. The van der Waals surface area contributed by atoms with Gasteiger partial charge in [-0.15, -0.1) is 0 Å². The molecule has 0 radical (unpaired) electrons. The molecule has 156 valence electrons. The Morgan fingerprint density at radius 3 is 2.39 bits per heavy atom. The summed E-state index contributed by atoms with van der Waals surface area (Å²) >= 11 is 3.56. The second-order valence-corrected chi connectivity index (χ2v) is 9.70. The monoisotopic (exact) mass is 455 g/mol. The molecule has 0 spiro atoms. The number of benzene rings is 1. The Morgan fingerprint density at radius 1 is 1.25 bits per heavy atom. The molecule has 6 nitrogen and oxygen atoms in total. The fourth-order valence-electron chi connectivity index (χ4n) is 3.04. The van der Waals surface area contributed by atoms with Gasteiger partial charge in [-0.05, 0) is 66.2 Å². The first-order valence-corrected chi connectivity index (χ1v) is 10.3. The van der Waals surface area contributed by atoms with Crippen molar-refractivity contribution in [2.45, 2.75) is 77.5 Å². The van der Waals surface area contributed by atoms with Gasteiger partial charge in [-0.3, -0.25) is 4.90 Å². The second kappa shape index (κ2) is 8.31. The maximum absolute atomic E-state index is 12.4. The Bertz CT molecular complexity index is 741. The third kappa shape index (κ3) is 5.40. The summed E-state index contributed by atoms with van der Waals surface area (Å²) in [6, 6.07) is 4.99. The molecule has 0 bridgehead atoms. The molecule has 2 atom stereocenters. The van der Waals surface area contributed by atoms with Gasteiger partial charge in [-0.1, -0.05) is 26.8 Å². The summed E-state index contributed by atoms with van der Waals surface area (Å²) in [7, 11) is 0. The fraction of sp³-hybridized carbons (Fsp3) is 0.619. The van der Waals surface area contributed by atoms with Crippen LogP contribution < -0.4 is 4.74 Å². The Labute approximate surface area is 175 Å². The first kappa shape index (κ1) is 22.5. The third-order valence-corrected chi connectivity index (χ3v) is 5.69. The van der Waals surface area contributed by atoms with Crippen LogP contribution in [0.3, 0.4) is 0 Å². The van der Waals surface area contributed by atoms with E-state index < -0.39 is 29.8 Å². The molecule has 0 unspecified atom stereocenters. The lowest BCUT2D eigenvalue weighted by atomic mass is 9.82. The van der Waals surface area contributed by atoms with E-state index >= 15 is 0 Å². The second-order valence-electron chi connectivity index (χ2n) is 8.84. The van der Waals surface area contributed by atoms with Crippen molar-refractivity contribution in [2.75, 3.05) is 6.54 Å². The van der Waals surface area contributed by atoms with Crippen LogP contribution in [0.1, 0.15) is 59.9 Å². The van der Waals surface area contributed by atoms with Crippen molar-refractivity contribution >= 4 is 28.0 Å². The van der Waals surface area contributed by atoms with Crippen LogP contribution in [-0.2, 0) is 14.9 Å². The molecule has 0 aromatic heterocycles. The molecule has 1 aliphatic heterocycles. The first-order chi connectivity index (χ1) is 12.8. The van der Waals surface area contributed by atoms with E-state index in [0.29, 0.717) is 5.75 Å². The molecule has 1 aromatic rings. The Hall–Kier alpha value is -1.76. The minimum absolute atomic E-state index is 0.0519. The van der Waals surface area contributed by atoms with Gasteiger partial charge in [0.1, 0.15) is 23.5 Å². The number of amides is 1. The summed E-state index contributed by atoms with van der Waals surface area (Å²) in [6.07, 6.45) is 0.163. The van der Waals surface area contributed by atoms with Crippen molar-refractivity contribution in [3.63, 3.8) is 0 Å². The van der Waals surface area contributed by atoms with Gasteiger partial charge < -0.3 is 14.6 Å². The normalized spacial score (nSPS) is 20.2. The number of carboxylic acids is 1. The number of carboxylic acid groups (broad SMARTS) is 1. The van der Waals surface area contributed by atoms with Gasteiger partial charge in [0, 0.05) is 6.42 Å². The summed E-state index contributed by atoms with van der Waals surface area (Å²) in [6.45, 7) is 11.9. The van der Waals surface area contributed by atoms with Crippen LogP contribution >= 0.6 is 15.9 Å². The Kier molecular flexibility index (Phi) is 6.69.